The molecule has 1 amide bonds. The number of nitrogens with zero attached hydrogens (tertiary/aromatic N) is 2. The number of hydrogen-bond acceptors (Lipinski definition) is 4. The summed E-state index contributed by atoms with van der Waals surface area (Å²) in [5, 5.41) is 2.99. The Bertz CT molecular complexity index is 1290. The smallest absolute Gasteiger partial charge is 0.255 e. The zero-order chi connectivity index (χ0) is 24.8. The fourth-order valence-electron chi connectivity index (χ4n) is 4.09. The minimum absolute atomic E-state index is 0.115. The lowest BCUT2D eigenvalue weighted by Gasteiger charge is -2.19. The standard InChI is InChI=1S/C29H33N3O3/c1-29(2,3)21-13-15-22(16-14-21)35-20-19-32-25-11-7-6-10-24(25)31-27(32)17-18-30-28(33)23-9-5-8-12-26(23)34-4/h5-16H,17-20H2,1-4H3,(H,30,33). The first-order valence-electron chi connectivity index (χ1n) is 12.0. The highest BCUT2D eigenvalue weighted by molar-refractivity contribution is 5.96. The average Bonchev–Trinajstić information content (AvgIpc) is 3.21. The average molecular weight is 472 g/mol. The Morgan fingerprint density at radius 3 is 2.43 bits per heavy atom. The summed E-state index contributed by atoms with van der Waals surface area (Å²) >= 11 is 0. The van der Waals surface area contributed by atoms with Gasteiger partial charge in [-0.2, -0.15) is 0 Å². The topological polar surface area (TPSA) is 65.4 Å². The summed E-state index contributed by atoms with van der Waals surface area (Å²) in [6.45, 7) is 8.26. The van der Waals surface area contributed by atoms with Crippen LogP contribution in [0.15, 0.2) is 72.8 Å². The largest absolute Gasteiger partial charge is 0.496 e. The van der Waals surface area contributed by atoms with Gasteiger partial charge in [0.1, 0.15) is 23.9 Å². The van der Waals surface area contributed by atoms with Crippen LogP contribution in [0.1, 0.15) is 42.5 Å². The molecule has 0 atom stereocenters. The van der Waals surface area contributed by atoms with Crippen molar-refractivity contribution < 1.29 is 14.3 Å². The van der Waals surface area contributed by atoms with Crippen LogP contribution >= 0.6 is 0 Å². The van der Waals surface area contributed by atoms with Crippen molar-refractivity contribution in [3.63, 3.8) is 0 Å². The first-order valence-corrected chi connectivity index (χ1v) is 12.0. The van der Waals surface area contributed by atoms with Gasteiger partial charge in [0.2, 0.25) is 0 Å². The van der Waals surface area contributed by atoms with Crippen molar-refractivity contribution in [3.05, 3.63) is 89.7 Å². The van der Waals surface area contributed by atoms with Crippen molar-refractivity contribution in [2.75, 3.05) is 20.3 Å². The third-order valence-electron chi connectivity index (χ3n) is 6.02. The molecule has 4 rings (SSSR count). The molecular weight excluding hydrogens is 438 g/mol. The van der Waals surface area contributed by atoms with Crippen molar-refractivity contribution in [2.45, 2.75) is 39.2 Å². The lowest BCUT2D eigenvalue weighted by molar-refractivity contribution is 0.0951. The molecule has 0 unspecified atom stereocenters. The molecule has 0 saturated carbocycles. The van der Waals surface area contributed by atoms with Crippen molar-refractivity contribution in [3.8, 4) is 11.5 Å². The number of rotatable bonds is 9. The molecule has 0 aliphatic carbocycles. The number of para-hydroxylation sites is 3. The summed E-state index contributed by atoms with van der Waals surface area (Å²) in [5.41, 5.74) is 3.92. The molecule has 1 aromatic heterocycles. The number of hydrogen-bond donors (Lipinski definition) is 1. The van der Waals surface area contributed by atoms with E-state index in [9.17, 15) is 4.79 Å². The number of aromatic nitrogens is 2. The maximum absolute atomic E-state index is 12.6. The Morgan fingerprint density at radius 2 is 1.69 bits per heavy atom. The predicted octanol–water partition coefficient (Wildman–Crippen LogP) is 5.39. The molecular formula is C29H33N3O3. The van der Waals surface area contributed by atoms with Gasteiger partial charge in [-0.3, -0.25) is 4.79 Å². The van der Waals surface area contributed by atoms with Gasteiger partial charge in [-0.1, -0.05) is 57.2 Å². The van der Waals surface area contributed by atoms with E-state index in [2.05, 4.69) is 48.9 Å². The van der Waals surface area contributed by atoms with E-state index < -0.39 is 0 Å². The molecule has 6 heteroatoms. The highest BCUT2D eigenvalue weighted by atomic mass is 16.5. The van der Waals surface area contributed by atoms with E-state index in [0.717, 1.165) is 22.6 Å². The molecule has 4 aromatic rings. The third kappa shape index (κ3) is 5.83. The zero-order valence-corrected chi connectivity index (χ0v) is 20.9. The van der Waals surface area contributed by atoms with Crippen molar-refractivity contribution >= 4 is 16.9 Å². The van der Waals surface area contributed by atoms with Gasteiger partial charge < -0.3 is 19.4 Å². The number of ether oxygens (including phenoxy) is 2. The number of imidazole rings is 1. The van der Waals surface area contributed by atoms with E-state index >= 15 is 0 Å². The summed E-state index contributed by atoms with van der Waals surface area (Å²) in [7, 11) is 1.56. The minimum atomic E-state index is -0.160. The van der Waals surface area contributed by atoms with Gasteiger partial charge in [0.25, 0.3) is 5.91 Å². The molecule has 0 saturated heterocycles. The number of nitrogens with one attached hydrogen (secondary N) is 1. The first kappa shape index (κ1) is 24.3. The zero-order valence-electron chi connectivity index (χ0n) is 20.9. The maximum atomic E-state index is 12.6. The molecule has 0 fully saturated rings. The van der Waals surface area contributed by atoms with E-state index in [0.29, 0.717) is 37.4 Å². The van der Waals surface area contributed by atoms with Gasteiger partial charge in [-0.25, -0.2) is 4.98 Å². The van der Waals surface area contributed by atoms with E-state index in [-0.39, 0.29) is 11.3 Å². The number of fused-ring (bicyclic) bond motifs is 1. The normalized spacial score (nSPS) is 11.4. The van der Waals surface area contributed by atoms with Gasteiger partial charge in [0, 0.05) is 13.0 Å². The van der Waals surface area contributed by atoms with Crippen LogP contribution in [-0.2, 0) is 18.4 Å². The van der Waals surface area contributed by atoms with E-state index in [1.165, 1.54) is 5.56 Å². The van der Waals surface area contributed by atoms with E-state index in [1.54, 1.807) is 19.2 Å². The molecule has 3 aromatic carbocycles. The Labute approximate surface area is 206 Å². The first-order chi connectivity index (χ1) is 16.9. The molecule has 0 bridgehead atoms. The highest BCUT2D eigenvalue weighted by Gasteiger charge is 2.15. The Balaban J connectivity index is 1.41. The molecule has 0 radical (unpaired) electrons. The van der Waals surface area contributed by atoms with Crippen LogP contribution in [0.3, 0.4) is 0 Å². The quantitative estimate of drug-likeness (QED) is 0.355. The van der Waals surface area contributed by atoms with Crippen LogP contribution in [0, 0.1) is 0 Å². The lowest BCUT2D eigenvalue weighted by Crippen LogP contribution is -2.27. The van der Waals surface area contributed by atoms with Gasteiger partial charge in [-0.05, 0) is 47.4 Å². The van der Waals surface area contributed by atoms with Crippen LogP contribution < -0.4 is 14.8 Å². The molecule has 0 aliphatic rings. The Hall–Kier alpha value is -3.80. The van der Waals surface area contributed by atoms with Gasteiger partial charge in [0.15, 0.2) is 0 Å². The molecule has 35 heavy (non-hydrogen) atoms. The second-order valence-electron chi connectivity index (χ2n) is 9.50. The Morgan fingerprint density at radius 1 is 0.971 bits per heavy atom. The predicted molar refractivity (Wildman–Crippen MR) is 139 cm³/mol. The summed E-state index contributed by atoms with van der Waals surface area (Å²) in [4.78, 5) is 17.5. The van der Waals surface area contributed by atoms with E-state index in [4.69, 9.17) is 14.5 Å². The fourth-order valence-corrected chi connectivity index (χ4v) is 4.09. The Kier molecular flexibility index (Phi) is 7.39. The molecule has 1 N–H and O–H groups in total. The molecule has 1 heterocycles. The second-order valence-corrected chi connectivity index (χ2v) is 9.50. The highest BCUT2D eigenvalue weighted by Crippen LogP contribution is 2.24. The molecule has 6 nitrogen and oxygen atoms in total. The molecule has 182 valence electrons. The third-order valence-corrected chi connectivity index (χ3v) is 6.02. The maximum Gasteiger partial charge on any atom is 0.255 e. The second kappa shape index (κ2) is 10.6. The van der Waals surface area contributed by atoms with Crippen LogP contribution in [0.2, 0.25) is 0 Å². The van der Waals surface area contributed by atoms with Gasteiger partial charge >= 0.3 is 0 Å². The summed E-state index contributed by atoms with van der Waals surface area (Å²) in [5.74, 6) is 2.17. The number of methoxy groups -OCH3 is 1. The number of carbonyl (C=O) groups is 1. The van der Waals surface area contributed by atoms with Gasteiger partial charge in [-0.15, -0.1) is 0 Å². The summed E-state index contributed by atoms with van der Waals surface area (Å²) in [6, 6.07) is 23.6. The van der Waals surface area contributed by atoms with Gasteiger partial charge in [0.05, 0.1) is 30.3 Å². The summed E-state index contributed by atoms with van der Waals surface area (Å²) in [6.07, 6.45) is 0.607. The van der Waals surface area contributed by atoms with Crippen LogP contribution in [0.5, 0.6) is 11.5 Å². The van der Waals surface area contributed by atoms with Crippen molar-refractivity contribution in [1.29, 1.82) is 0 Å². The SMILES string of the molecule is COc1ccccc1C(=O)NCCc1nc2ccccc2n1CCOc1ccc(C(C)(C)C)cc1. The number of carbonyl (C=O) groups excluding carboxylic acids is 1. The van der Waals surface area contributed by atoms with Crippen molar-refractivity contribution in [1.82, 2.24) is 14.9 Å². The fraction of sp³-hybridized carbons (Fsp3) is 0.310. The minimum Gasteiger partial charge on any atom is -0.496 e. The lowest BCUT2D eigenvalue weighted by atomic mass is 9.87. The molecule has 0 aliphatic heterocycles. The number of benzene rings is 3. The number of amides is 1. The van der Waals surface area contributed by atoms with E-state index in [1.807, 2.05) is 42.5 Å². The van der Waals surface area contributed by atoms with Crippen LogP contribution in [0.25, 0.3) is 11.0 Å². The van der Waals surface area contributed by atoms with Crippen molar-refractivity contribution in [2.24, 2.45) is 0 Å². The summed E-state index contributed by atoms with van der Waals surface area (Å²) < 4.78 is 13.5. The van der Waals surface area contributed by atoms with Crippen LogP contribution in [-0.4, -0.2) is 35.7 Å². The molecule has 0 spiro atoms. The van der Waals surface area contributed by atoms with Crippen LogP contribution in [0.4, 0.5) is 0 Å². The monoisotopic (exact) mass is 471 g/mol.